The van der Waals surface area contributed by atoms with Crippen molar-refractivity contribution in [3.05, 3.63) is 34.9 Å². The van der Waals surface area contributed by atoms with E-state index in [1.807, 2.05) is 26.0 Å². The summed E-state index contributed by atoms with van der Waals surface area (Å²) >= 11 is 0. The van der Waals surface area contributed by atoms with Gasteiger partial charge in [0.2, 0.25) is 11.6 Å². The Balaban J connectivity index is 1.97. The van der Waals surface area contributed by atoms with Crippen molar-refractivity contribution in [3.63, 3.8) is 0 Å². The number of rotatable bonds is 2. The highest BCUT2D eigenvalue weighted by Crippen LogP contribution is 2.34. The summed E-state index contributed by atoms with van der Waals surface area (Å²) in [5.74, 6) is -0.404. The van der Waals surface area contributed by atoms with Crippen molar-refractivity contribution in [3.8, 4) is 0 Å². The average molecular weight is 289 g/mol. The number of primary amides is 1. The highest BCUT2D eigenvalue weighted by Gasteiger charge is 2.49. The molecule has 0 aliphatic carbocycles. The second-order valence-corrected chi connectivity index (χ2v) is 5.67. The minimum Gasteiger partial charge on any atom is -0.380 e. The lowest BCUT2D eigenvalue weighted by Gasteiger charge is -2.34. The van der Waals surface area contributed by atoms with E-state index >= 15 is 0 Å². The highest BCUT2D eigenvalue weighted by atomic mass is 16.7. The van der Waals surface area contributed by atoms with E-state index in [1.165, 1.54) is 0 Å². The first-order valence-corrected chi connectivity index (χ1v) is 7.00. The van der Waals surface area contributed by atoms with E-state index in [4.69, 9.17) is 15.3 Å². The molecule has 3 rings (SSSR count). The molecule has 0 aromatic heterocycles. The molecule has 2 atom stereocenters. The second kappa shape index (κ2) is 5.13. The van der Waals surface area contributed by atoms with Crippen LogP contribution in [0.2, 0.25) is 0 Å². The van der Waals surface area contributed by atoms with Gasteiger partial charge < -0.3 is 10.5 Å². The monoisotopic (exact) mass is 289 g/mol. The lowest BCUT2D eigenvalue weighted by atomic mass is 9.91. The number of carbonyl (C=O) groups is 1. The summed E-state index contributed by atoms with van der Waals surface area (Å²) in [4.78, 5) is 21.9. The molecule has 3 N–H and O–H groups in total. The van der Waals surface area contributed by atoms with Gasteiger partial charge in [0.15, 0.2) is 5.84 Å². The van der Waals surface area contributed by atoms with Gasteiger partial charge in [0.25, 0.3) is 0 Å². The summed E-state index contributed by atoms with van der Waals surface area (Å²) in [5, 5.41) is 0. The van der Waals surface area contributed by atoms with Crippen LogP contribution >= 0.6 is 0 Å². The molecular formula is C15H19N3O3. The Bertz CT molecular complexity index is 594. The van der Waals surface area contributed by atoms with Crippen LogP contribution in [0.15, 0.2) is 23.2 Å². The molecular weight excluding hydrogens is 270 g/mol. The standard InChI is InChI=1S/C15H19N3O3/c1-9-5-10(2)7-11(6-9)14-17-15(21-18-14)3-4-20-8-12(15)13(16)19/h5-7,12H,3-4,8H2,1-2H3,(H2,16,19)(H,17,18). The number of benzene rings is 1. The Morgan fingerprint density at radius 3 is 2.76 bits per heavy atom. The maximum absolute atomic E-state index is 11.6. The third-order valence-corrected chi connectivity index (χ3v) is 3.90. The largest absolute Gasteiger partial charge is 0.380 e. The second-order valence-electron chi connectivity index (χ2n) is 5.67. The number of aryl methyl sites for hydroxylation is 2. The van der Waals surface area contributed by atoms with Gasteiger partial charge in [-0.2, -0.15) is 0 Å². The molecule has 1 fully saturated rings. The van der Waals surface area contributed by atoms with Gasteiger partial charge in [0.05, 0.1) is 13.2 Å². The number of amidine groups is 1. The van der Waals surface area contributed by atoms with Crippen molar-refractivity contribution in [2.75, 3.05) is 13.2 Å². The van der Waals surface area contributed by atoms with Crippen LogP contribution in [0.4, 0.5) is 0 Å². The zero-order chi connectivity index (χ0) is 15.0. The predicted octanol–water partition coefficient (Wildman–Crippen LogP) is 0.803. The van der Waals surface area contributed by atoms with Crippen LogP contribution in [0.3, 0.4) is 0 Å². The molecule has 112 valence electrons. The Kier molecular flexibility index (Phi) is 3.43. The van der Waals surface area contributed by atoms with Crippen LogP contribution in [0, 0.1) is 19.8 Å². The molecule has 2 aliphatic rings. The third kappa shape index (κ3) is 2.52. The van der Waals surface area contributed by atoms with Crippen LogP contribution in [0.5, 0.6) is 0 Å². The van der Waals surface area contributed by atoms with Gasteiger partial charge in [0, 0.05) is 12.0 Å². The molecule has 2 unspecified atom stereocenters. The Hall–Kier alpha value is -1.92. The van der Waals surface area contributed by atoms with Crippen LogP contribution < -0.4 is 11.2 Å². The first kappa shape index (κ1) is 14.0. The Morgan fingerprint density at radius 1 is 1.38 bits per heavy atom. The van der Waals surface area contributed by atoms with Gasteiger partial charge in [0.1, 0.15) is 5.92 Å². The minimum absolute atomic E-state index is 0.237. The minimum atomic E-state index is -0.947. The highest BCUT2D eigenvalue weighted by molar-refractivity contribution is 5.99. The number of hydrogen-bond donors (Lipinski definition) is 2. The smallest absolute Gasteiger partial charge is 0.227 e. The lowest BCUT2D eigenvalue weighted by molar-refractivity contribution is -0.167. The molecule has 2 aliphatic heterocycles. The number of hydrogen-bond acceptors (Lipinski definition) is 5. The van der Waals surface area contributed by atoms with Gasteiger partial charge in [-0.3, -0.25) is 4.79 Å². The van der Waals surface area contributed by atoms with E-state index < -0.39 is 17.6 Å². The molecule has 6 nitrogen and oxygen atoms in total. The molecule has 2 heterocycles. The van der Waals surface area contributed by atoms with E-state index in [1.54, 1.807) is 0 Å². The molecule has 1 spiro atoms. The number of hydroxylamine groups is 1. The summed E-state index contributed by atoms with van der Waals surface area (Å²) in [6.07, 6.45) is 0.502. The van der Waals surface area contributed by atoms with Gasteiger partial charge in [-0.05, 0) is 26.0 Å². The van der Waals surface area contributed by atoms with E-state index in [-0.39, 0.29) is 6.61 Å². The van der Waals surface area contributed by atoms with Crippen LogP contribution in [0.1, 0.15) is 23.1 Å². The van der Waals surface area contributed by atoms with E-state index in [2.05, 4.69) is 16.5 Å². The topological polar surface area (TPSA) is 85.9 Å². The number of carbonyl (C=O) groups excluding carboxylic acids is 1. The third-order valence-electron chi connectivity index (χ3n) is 3.90. The fraction of sp³-hybridized carbons (Fsp3) is 0.467. The Labute approximate surface area is 123 Å². The normalized spacial score (nSPS) is 28.3. The molecule has 1 aromatic rings. The molecule has 21 heavy (non-hydrogen) atoms. The summed E-state index contributed by atoms with van der Waals surface area (Å²) in [7, 11) is 0. The molecule has 0 bridgehead atoms. The van der Waals surface area contributed by atoms with Gasteiger partial charge in [-0.1, -0.05) is 17.2 Å². The first-order valence-electron chi connectivity index (χ1n) is 7.00. The van der Waals surface area contributed by atoms with Crippen molar-refractivity contribution in [2.45, 2.75) is 26.0 Å². The van der Waals surface area contributed by atoms with Crippen molar-refractivity contribution in [1.82, 2.24) is 5.48 Å². The first-order chi connectivity index (χ1) is 10.00. The number of nitrogens with two attached hydrogens (primary N) is 1. The summed E-state index contributed by atoms with van der Waals surface area (Å²) in [6, 6.07) is 6.15. The zero-order valence-corrected chi connectivity index (χ0v) is 12.2. The summed E-state index contributed by atoms with van der Waals surface area (Å²) in [6.45, 7) is 4.79. The SMILES string of the molecule is Cc1cc(C)cc(C2=NC3(CCOCC3C(N)=O)ON2)c1. The van der Waals surface area contributed by atoms with Crippen molar-refractivity contribution in [2.24, 2.45) is 16.6 Å². The van der Waals surface area contributed by atoms with Gasteiger partial charge in [-0.15, -0.1) is 0 Å². The Morgan fingerprint density at radius 2 is 2.10 bits per heavy atom. The van der Waals surface area contributed by atoms with Crippen molar-refractivity contribution in [1.29, 1.82) is 0 Å². The molecule has 0 saturated carbocycles. The molecule has 1 aromatic carbocycles. The number of nitrogens with one attached hydrogen (secondary N) is 1. The summed E-state index contributed by atoms with van der Waals surface area (Å²) in [5.41, 5.74) is 10.6. The van der Waals surface area contributed by atoms with Gasteiger partial charge >= 0.3 is 0 Å². The molecule has 1 saturated heterocycles. The van der Waals surface area contributed by atoms with Crippen molar-refractivity contribution >= 4 is 11.7 Å². The fourth-order valence-corrected chi connectivity index (χ4v) is 2.89. The molecule has 6 heteroatoms. The number of nitrogens with zero attached hydrogens (tertiary/aromatic N) is 1. The number of ether oxygens (including phenoxy) is 1. The van der Waals surface area contributed by atoms with Gasteiger partial charge in [-0.25, -0.2) is 15.3 Å². The maximum Gasteiger partial charge on any atom is 0.227 e. The lowest BCUT2D eigenvalue weighted by Crippen LogP contribution is -2.51. The van der Waals surface area contributed by atoms with Crippen LogP contribution in [0.25, 0.3) is 0 Å². The number of amides is 1. The number of aliphatic imine (C=N–C) groups is 1. The predicted molar refractivity (Wildman–Crippen MR) is 77.5 cm³/mol. The van der Waals surface area contributed by atoms with E-state index in [0.717, 1.165) is 16.7 Å². The molecule has 0 radical (unpaired) electrons. The van der Waals surface area contributed by atoms with Crippen molar-refractivity contribution < 1.29 is 14.4 Å². The summed E-state index contributed by atoms with van der Waals surface area (Å²) < 4.78 is 5.33. The maximum atomic E-state index is 11.6. The zero-order valence-electron chi connectivity index (χ0n) is 12.2. The van der Waals surface area contributed by atoms with Crippen LogP contribution in [-0.2, 0) is 14.4 Å². The quantitative estimate of drug-likeness (QED) is 0.843. The van der Waals surface area contributed by atoms with E-state index in [9.17, 15) is 4.79 Å². The average Bonchev–Trinajstić information content (AvgIpc) is 2.82. The molecule has 1 amide bonds. The van der Waals surface area contributed by atoms with E-state index in [0.29, 0.717) is 18.9 Å². The fourth-order valence-electron chi connectivity index (χ4n) is 2.89. The van der Waals surface area contributed by atoms with Crippen LogP contribution in [-0.4, -0.2) is 30.7 Å².